The van der Waals surface area contributed by atoms with Crippen LogP contribution in [0.5, 0.6) is 0 Å². The van der Waals surface area contributed by atoms with Crippen LogP contribution in [0, 0.1) is 17.0 Å². The van der Waals surface area contributed by atoms with Gasteiger partial charge in [-0.2, -0.15) is 0 Å². The zero-order valence-electron chi connectivity index (χ0n) is 10.0. The van der Waals surface area contributed by atoms with Gasteiger partial charge in [-0.05, 0) is 12.5 Å². The number of carbonyl (C=O) groups excluding carboxylic acids is 1. The Labute approximate surface area is 105 Å². The highest BCUT2D eigenvalue weighted by Crippen LogP contribution is 2.33. The second-order valence-electron chi connectivity index (χ2n) is 3.97. The molecule has 0 spiro atoms. The normalized spacial score (nSPS) is 14.1. The van der Waals surface area contributed by atoms with Gasteiger partial charge in [0.05, 0.1) is 0 Å². The smallest absolute Gasteiger partial charge is 0.226 e. The zero-order chi connectivity index (χ0) is 13.0. The lowest BCUT2D eigenvalue weighted by molar-refractivity contribution is -0.518. The highest BCUT2D eigenvalue weighted by Gasteiger charge is 2.29. The molecule has 0 unspecified atom stereocenters. The van der Waals surface area contributed by atoms with Crippen LogP contribution in [-0.4, -0.2) is 16.1 Å². The summed E-state index contributed by atoms with van der Waals surface area (Å²) in [5.74, 6) is 0. The average molecular weight is 253 g/mol. The summed E-state index contributed by atoms with van der Waals surface area (Å²) in [4.78, 5) is 21.7. The highest BCUT2D eigenvalue weighted by atomic mass is 32.2. The fourth-order valence-electron chi connectivity index (χ4n) is 1.49. The average Bonchev–Trinajstić information content (AvgIpc) is 2.26. The van der Waals surface area contributed by atoms with Gasteiger partial charge in [-0.3, -0.25) is 14.9 Å². The maximum atomic E-state index is 11.2. The van der Waals surface area contributed by atoms with Crippen molar-refractivity contribution in [1.82, 2.24) is 0 Å². The Morgan fingerprint density at radius 1 is 1.35 bits per heavy atom. The highest BCUT2D eigenvalue weighted by molar-refractivity contribution is 8.13. The molecular formula is C12H15NO3S. The second kappa shape index (κ2) is 5.82. The quantitative estimate of drug-likeness (QED) is 0.611. The summed E-state index contributed by atoms with van der Waals surface area (Å²) in [5.41, 5.74) is 1.91. The van der Waals surface area contributed by atoms with E-state index >= 15 is 0 Å². The Balaban J connectivity index is 3.01. The van der Waals surface area contributed by atoms with Crippen molar-refractivity contribution >= 4 is 16.9 Å². The van der Waals surface area contributed by atoms with Crippen LogP contribution in [0.3, 0.4) is 0 Å². The lowest BCUT2D eigenvalue weighted by Gasteiger charge is -2.16. The molecule has 0 aliphatic heterocycles. The van der Waals surface area contributed by atoms with Gasteiger partial charge in [0, 0.05) is 18.8 Å². The Bertz CT molecular complexity index is 416. The molecule has 1 aromatic carbocycles. The van der Waals surface area contributed by atoms with E-state index in [1.54, 1.807) is 0 Å². The number of carbonyl (C=O) groups is 1. The van der Waals surface area contributed by atoms with Gasteiger partial charge in [0.25, 0.3) is 0 Å². The van der Waals surface area contributed by atoms with Gasteiger partial charge in [0.2, 0.25) is 6.04 Å². The molecule has 1 rings (SSSR count). The number of benzene rings is 1. The van der Waals surface area contributed by atoms with Crippen molar-refractivity contribution in [2.45, 2.75) is 32.1 Å². The van der Waals surface area contributed by atoms with Crippen molar-refractivity contribution in [3.8, 4) is 0 Å². The van der Waals surface area contributed by atoms with Crippen LogP contribution >= 0.6 is 11.8 Å². The minimum atomic E-state index is -0.786. The molecule has 0 amide bonds. The topological polar surface area (TPSA) is 60.2 Å². The van der Waals surface area contributed by atoms with Crippen molar-refractivity contribution in [2.24, 2.45) is 0 Å². The van der Waals surface area contributed by atoms with Gasteiger partial charge >= 0.3 is 0 Å². The molecule has 92 valence electrons. The molecule has 0 N–H and O–H groups in total. The number of hydrogen-bond acceptors (Lipinski definition) is 4. The fraction of sp³-hybridized carbons (Fsp3) is 0.417. The van der Waals surface area contributed by atoms with Gasteiger partial charge in [0.15, 0.2) is 5.12 Å². The summed E-state index contributed by atoms with van der Waals surface area (Å²) in [7, 11) is 0. The van der Waals surface area contributed by atoms with E-state index in [1.165, 1.54) is 13.8 Å². The molecule has 0 radical (unpaired) electrons. The van der Waals surface area contributed by atoms with Crippen LogP contribution in [0.1, 0.15) is 30.2 Å². The van der Waals surface area contributed by atoms with E-state index in [9.17, 15) is 14.9 Å². The monoisotopic (exact) mass is 253 g/mol. The molecule has 4 nitrogen and oxygen atoms in total. The predicted octanol–water partition coefficient (Wildman–Crippen LogP) is 2.98. The lowest BCUT2D eigenvalue weighted by atomic mass is 10.1. The summed E-state index contributed by atoms with van der Waals surface area (Å²) in [5, 5.41) is 10.3. The van der Waals surface area contributed by atoms with Crippen molar-refractivity contribution in [3.63, 3.8) is 0 Å². The molecule has 0 aliphatic rings. The first-order chi connectivity index (χ1) is 7.91. The molecule has 0 aliphatic carbocycles. The minimum Gasteiger partial charge on any atom is -0.288 e. The number of nitro groups is 1. The minimum absolute atomic E-state index is 0.107. The maximum Gasteiger partial charge on any atom is 0.226 e. The Kier molecular flexibility index (Phi) is 4.69. The van der Waals surface area contributed by atoms with Crippen LogP contribution in [0.2, 0.25) is 0 Å². The molecule has 2 atom stereocenters. The fourth-order valence-corrected chi connectivity index (χ4v) is 2.44. The molecule has 0 aromatic heterocycles. The number of thioether (sulfide) groups is 1. The Hall–Kier alpha value is -1.36. The van der Waals surface area contributed by atoms with E-state index in [4.69, 9.17) is 0 Å². The molecule has 17 heavy (non-hydrogen) atoms. The Morgan fingerprint density at radius 3 is 2.29 bits per heavy atom. The standard InChI is InChI=1S/C12H15NO3S/c1-8-4-6-11(7-5-8)12(17-10(3)14)9(2)13(15)16/h4-7,9,12H,1-3H3/t9-,12-/m1/s1. The summed E-state index contributed by atoms with van der Waals surface area (Å²) in [6.45, 7) is 4.91. The van der Waals surface area contributed by atoms with Gasteiger partial charge in [-0.25, -0.2) is 0 Å². The summed E-state index contributed by atoms with van der Waals surface area (Å²) >= 11 is 1.01. The van der Waals surface area contributed by atoms with E-state index in [2.05, 4.69) is 0 Å². The summed E-state index contributed by atoms with van der Waals surface area (Å²) < 4.78 is 0. The first-order valence-corrected chi connectivity index (χ1v) is 6.17. The van der Waals surface area contributed by atoms with Gasteiger partial charge in [-0.15, -0.1) is 0 Å². The molecule has 0 bridgehead atoms. The largest absolute Gasteiger partial charge is 0.288 e. The van der Waals surface area contributed by atoms with Gasteiger partial charge in [-0.1, -0.05) is 41.6 Å². The van der Waals surface area contributed by atoms with E-state index in [1.807, 2.05) is 31.2 Å². The van der Waals surface area contributed by atoms with Crippen LogP contribution in [0.25, 0.3) is 0 Å². The molecular weight excluding hydrogens is 238 g/mol. The number of rotatable bonds is 4. The summed E-state index contributed by atoms with van der Waals surface area (Å²) in [6, 6.07) is 6.70. The lowest BCUT2D eigenvalue weighted by Crippen LogP contribution is -2.23. The van der Waals surface area contributed by atoms with Gasteiger partial charge < -0.3 is 0 Å². The summed E-state index contributed by atoms with van der Waals surface area (Å²) in [6.07, 6.45) is 0. The first kappa shape index (κ1) is 13.7. The third-order valence-electron chi connectivity index (χ3n) is 2.47. The van der Waals surface area contributed by atoms with Crippen molar-refractivity contribution in [1.29, 1.82) is 0 Å². The van der Waals surface area contributed by atoms with Crippen LogP contribution in [-0.2, 0) is 4.79 Å². The molecule has 1 aromatic rings. The second-order valence-corrected chi connectivity index (χ2v) is 5.29. The molecule has 0 heterocycles. The van der Waals surface area contributed by atoms with Crippen LogP contribution in [0.15, 0.2) is 24.3 Å². The number of nitrogens with zero attached hydrogens (tertiary/aromatic N) is 1. The van der Waals surface area contributed by atoms with E-state index in [-0.39, 0.29) is 10.0 Å². The molecule has 5 heteroatoms. The number of aryl methyl sites for hydroxylation is 1. The van der Waals surface area contributed by atoms with Crippen LogP contribution < -0.4 is 0 Å². The zero-order valence-corrected chi connectivity index (χ0v) is 10.9. The SMILES string of the molecule is CC(=O)S[C@@H](c1ccc(C)cc1)[C@@H](C)[N+](=O)[O-]. The third-order valence-corrected chi connectivity index (χ3v) is 3.72. The van der Waals surface area contributed by atoms with Crippen molar-refractivity contribution in [3.05, 3.63) is 45.5 Å². The van der Waals surface area contributed by atoms with E-state index < -0.39 is 11.3 Å². The third kappa shape index (κ3) is 3.85. The van der Waals surface area contributed by atoms with Gasteiger partial charge in [0.1, 0.15) is 5.25 Å². The molecule has 0 saturated carbocycles. The molecule has 0 fully saturated rings. The number of hydrogen-bond donors (Lipinski definition) is 0. The van der Waals surface area contributed by atoms with Crippen molar-refractivity contribution in [2.75, 3.05) is 0 Å². The first-order valence-electron chi connectivity index (χ1n) is 5.29. The van der Waals surface area contributed by atoms with Crippen LogP contribution in [0.4, 0.5) is 0 Å². The predicted molar refractivity (Wildman–Crippen MR) is 68.6 cm³/mol. The molecule has 0 saturated heterocycles. The van der Waals surface area contributed by atoms with E-state index in [0.717, 1.165) is 22.9 Å². The van der Waals surface area contributed by atoms with E-state index in [0.29, 0.717) is 0 Å². The maximum absolute atomic E-state index is 11.2. The Morgan fingerprint density at radius 2 is 1.88 bits per heavy atom. The van der Waals surface area contributed by atoms with Crippen molar-refractivity contribution < 1.29 is 9.72 Å².